The molecule has 1 N–H and O–H groups in total. The maximum Gasteiger partial charge on any atom is 0.253 e. The third kappa shape index (κ3) is 3.91. The molecule has 0 radical (unpaired) electrons. The number of anilines is 2. The molecule has 0 atom stereocenters. The van der Waals surface area contributed by atoms with Crippen LogP contribution in [0.3, 0.4) is 0 Å². The number of amides is 1. The van der Waals surface area contributed by atoms with E-state index in [0.717, 1.165) is 29.8 Å². The predicted octanol–water partition coefficient (Wildman–Crippen LogP) is 2.60. The predicted molar refractivity (Wildman–Crippen MR) is 126 cm³/mol. The fourth-order valence-corrected chi connectivity index (χ4v) is 4.61. The van der Waals surface area contributed by atoms with E-state index in [1.807, 2.05) is 23.1 Å². The molecule has 0 unspecified atom stereocenters. The van der Waals surface area contributed by atoms with Crippen LogP contribution in [0.5, 0.6) is 5.75 Å². The Morgan fingerprint density at radius 1 is 1.12 bits per heavy atom. The minimum Gasteiger partial charge on any atom is -0.508 e. The highest BCUT2D eigenvalue weighted by Gasteiger charge is 2.25. The second-order valence-corrected chi connectivity index (χ2v) is 8.71. The smallest absolute Gasteiger partial charge is 0.253 e. The van der Waals surface area contributed by atoms with Crippen LogP contribution in [0, 0.1) is 0 Å². The number of phenols is 1. The minimum absolute atomic E-state index is 0.172. The summed E-state index contributed by atoms with van der Waals surface area (Å²) in [7, 11) is 3.38. The van der Waals surface area contributed by atoms with Crippen molar-refractivity contribution in [2.75, 3.05) is 56.7 Å². The summed E-state index contributed by atoms with van der Waals surface area (Å²) in [5, 5.41) is 10.6. The molecule has 3 aromatic rings. The topological polar surface area (TPSA) is 86.5 Å². The zero-order valence-electron chi connectivity index (χ0n) is 18.8. The van der Waals surface area contributed by atoms with Gasteiger partial charge in [0, 0.05) is 68.7 Å². The lowest BCUT2D eigenvalue weighted by atomic mass is 10.0. The van der Waals surface area contributed by atoms with Gasteiger partial charge in [-0.1, -0.05) is 6.07 Å². The van der Waals surface area contributed by atoms with E-state index < -0.39 is 0 Å². The lowest BCUT2D eigenvalue weighted by Crippen LogP contribution is -2.36. The monoisotopic (exact) mass is 449 g/mol. The lowest BCUT2D eigenvalue weighted by molar-refractivity contribution is 0.0827. The molecule has 0 aliphatic carbocycles. The summed E-state index contributed by atoms with van der Waals surface area (Å²) in [6.45, 7) is 3.65. The molecule has 0 saturated carbocycles. The Balaban J connectivity index is 1.63. The molecular weight excluding hydrogens is 422 g/mol. The van der Waals surface area contributed by atoms with Gasteiger partial charge in [0.05, 0.1) is 18.6 Å². The molecule has 0 spiro atoms. The van der Waals surface area contributed by atoms with Crippen molar-refractivity contribution in [2.24, 2.45) is 0 Å². The number of hydrogen-bond donors (Lipinski definition) is 1. The van der Waals surface area contributed by atoms with Gasteiger partial charge in [0.1, 0.15) is 11.3 Å². The largest absolute Gasteiger partial charge is 0.508 e. The van der Waals surface area contributed by atoms with Crippen molar-refractivity contribution in [3.8, 4) is 5.75 Å². The summed E-state index contributed by atoms with van der Waals surface area (Å²) >= 11 is 0. The van der Waals surface area contributed by atoms with Crippen molar-refractivity contribution < 1.29 is 19.1 Å². The van der Waals surface area contributed by atoms with Crippen LogP contribution in [-0.4, -0.2) is 62.9 Å². The molecule has 8 nitrogen and oxygen atoms in total. The molecule has 1 aromatic heterocycles. The van der Waals surface area contributed by atoms with E-state index in [1.54, 1.807) is 26.2 Å². The van der Waals surface area contributed by atoms with E-state index in [-0.39, 0.29) is 17.1 Å². The molecule has 2 aliphatic heterocycles. The zero-order valence-corrected chi connectivity index (χ0v) is 18.8. The summed E-state index contributed by atoms with van der Waals surface area (Å²) in [5.74, 6) is 0.634. The fraction of sp³-hybridized carbons (Fsp3) is 0.360. The second kappa shape index (κ2) is 8.44. The van der Waals surface area contributed by atoms with Gasteiger partial charge in [0.2, 0.25) is 0 Å². The molecule has 0 bridgehead atoms. The van der Waals surface area contributed by atoms with Crippen LogP contribution < -0.4 is 15.2 Å². The van der Waals surface area contributed by atoms with Gasteiger partial charge >= 0.3 is 0 Å². The van der Waals surface area contributed by atoms with E-state index in [4.69, 9.17) is 9.15 Å². The van der Waals surface area contributed by atoms with E-state index in [1.165, 1.54) is 11.0 Å². The van der Waals surface area contributed by atoms with Crippen molar-refractivity contribution in [3.63, 3.8) is 0 Å². The van der Waals surface area contributed by atoms with E-state index in [0.29, 0.717) is 55.3 Å². The molecule has 8 heteroatoms. The lowest BCUT2D eigenvalue weighted by Gasteiger charge is -2.27. The van der Waals surface area contributed by atoms with E-state index >= 15 is 0 Å². The molecule has 1 amide bonds. The van der Waals surface area contributed by atoms with Crippen LogP contribution in [0.15, 0.2) is 45.6 Å². The maximum absolute atomic E-state index is 13.1. The molecule has 33 heavy (non-hydrogen) atoms. The molecule has 2 aliphatic rings. The molecule has 1 fully saturated rings. The first-order valence-electron chi connectivity index (χ1n) is 11.1. The maximum atomic E-state index is 13.1. The highest BCUT2D eigenvalue weighted by molar-refractivity contribution is 5.98. The molecule has 3 heterocycles. The fourth-order valence-electron chi connectivity index (χ4n) is 4.61. The molecule has 2 aromatic carbocycles. The van der Waals surface area contributed by atoms with Gasteiger partial charge in [0.25, 0.3) is 5.91 Å². The van der Waals surface area contributed by atoms with Crippen molar-refractivity contribution >= 4 is 28.4 Å². The normalized spacial score (nSPS) is 15.7. The third-order valence-corrected chi connectivity index (χ3v) is 6.33. The number of rotatable bonds is 4. The molecule has 5 rings (SSSR count). The van der Waals surface area contributed by atoms with Crippen LogP contribution in [0.2, 0.25) is 0 Å². The van der Waals surface area contributed by atoms with Crippen LogP contribution in [0.1, 0.15) is 21.5 Å². The van der Waals surface area contributed by atoms with Crippen molar-refractivity contribution in [1.29, 1.82) is 0 Å². The van der Waals surface area contributed by atoms with Gasteiger partial charge in [-0.25, -0.2) is 0 Å². The van der Waals surface area contributed by atoms with Gasteiger partial charge in [-0.05, 0) is 30.7 Å². The van der Waals surface area contributed by atoms with Gasteiger partial charge in [-0.3, -0.25) is 9.59 Å². The van der Waals surface area contributed by atoms with Crippen LogP contribution in [-0.2, 0) is 17.7 Å². The average molecular weight is 450 g/mol. The van der Waals surface area contributed by atoms with Gasteiger partial charge in [-0.2, -0.15) is 0 Å². The standard InChI is InChI=1S/C25H27N3O5/c1-26(2)25(31)16-12-17(15-28-7-6-18-20(28)4-3-5-21(18)29)24-19(13-16)22(30)14-23(33-24)27-8-10-32-11-9-27/h3-5,12-14,29H,6-11,15H2,1-2H3. The Labute approximate surface area is 191 Å². The van der Waals surface area contributed by atoms with Crippen LogP contribution in [0.4, 0.5) is 11.6 Å². The van der Waals surface area contributed by atoms with Crippen molar-refractivity contribution in [1.82, 2.24) is 4.90 Å². The Kier molecular flexibility index (Phi) is 5.46. The Morgan fingerprint density at radius 2 is 1.91 bits per heavy atom. The average Bonchev–Trinajstić information content (AvgIpc) is 3.23. The number of nitrogens with zero attached hydrogens (tertiary/aromatic N) is 3. The SMILES string of the molecule is CN(C)C(=O)c1cc(CN2CCc3c(O)cccc32)c2oc(N3CCOCC3)cc(=O)c2c1. The number of morpholine rings is 1. The zero-order chi connectivity index (χ0) is 23.1. The van der Waals surface area contributed by atoms with E-state index in [2.05, 4.69) is 4.90 Å². The van der Waals surface area contributed by atoms with Crippen molar-refractivity contribution in [2.45, 2.75) is 13.0 Å². The van der Waals surface area contributed by atoms with Crippen molar-refractivity contribution in [3.05, 3.63) is 63.3 Å². The number of aromatic hydroxyl groups is 1. The number of carbonyl (C=O) groups is 1. The summed E-state index contributed by atoms with van der Waals surface area (Å²) in [5.41, 5.74) is 3.40. The molecule has 172 valence electrons. The highest BCUT2D eigenvalue weighted by Crippen LogP contribution is 2.36. The molecular formula is C25H27N3O5. The number of phenolic OH excluding ortho intramolecular Hbond substituents is 1. The number of ether oxygens (including phenoxy) is 1. The number of fused-ring (bicyclic) bond motifs is 2. The second-order valence-electron chi connectivity index (χ2n) is 8.71. The number of benzene rings is 2. The van der Waals surface area contributed by atoms with Gasteiger partial charge in [-0.15, -0.1) is 0 Å². The summed E-state index contributed by atoms with van der Waals surface area (Å²) in [6, 6.07) is 10.4. The van der Waals surface area contributed by atoms with E-state index in [9.17, 15) is 14.7 Å². The Hall–Kier alpha value is -3.52. The summed E-state index contributed by atoms with van der Waals surface area (Å²) in [4.78, 5) is 31.6. The van der Waals surface area contributed by atoms with Gasteiger partial charge < -0.3 is 29.0 Å². The first-order chi connectivity index (χ1) is 15.9. The molecule has 1 saturated heterocycles. The Bertz CT molecular complexity index is 1280. The first-order valence-corrected chi connectivity index (χ1v) is 11.1. The minimum atomic E-state index is -0.174. The van der Waals surface area contributed by atoms with Gasteiger partial charge in [0.15, 0.2) is 11.3 Å². The number of carbonyl (C=O) groups excluding carboxylic acids is 1. The highest BCUT2D eigenvalue weighted by atomic mass is 16.5. The van der Waals surface area contributed by atoms with Crippen LogP contribution in [0.25, 0.3) is 11.0 Å². The quantitative estimate of drug-likeness (QED) is 0.655. The third-order valence-electron chi connectivity index (χ3n) is 6.33. The van der Waals surface area contributed by atoms with Crippen LogP contribution >= 0.6 is 0 Å². The first kappa shape index (κ1) is 21.3. The Morgan fingerprint density at radius 3 is 2.67 bits per heavy atom. The summed E-state index contributed by atoms with van der Waals surface area (Å²) in [6.07, 6.45) is 0.735. The number of hydrogen-bond acceptors (Lipinski definition) is 7. The summed E-state index contributed by atoms with van der Waals surface area (Å²) < 4.78 is 11.7.